The molecule has 1 atom stereocenters. The van der Waals surface area contributed by atoms with Gasteiger partial charge in [0.15, 0.2) is 11.6 Å². The molecule has 1 fully saturated rings. The van der Waals surface area contributed by atoms with Crippen molar-refractivity contribution < 1.29 is 9.53 Å². The molecule has 5 rings (SSSR count). The van der Waals surface area contributed by atoms with E-state index in [1.165, 1.54) is 6.33 Å². The molecule has 3 heterocycles. The van der Waals surface area contributed by atoms with Crippen molar-refractivity contribution in [3.8, 4) is 11.5 Å². The molecule has 1 aliphatic heterocycles. The Morgan fingerprint density at radius 1 is 1.08 bits per heavy atom. The van der Waals surface area contributed by atoms with Crippen LogP contribution in [0.4, 0.5) is 5.69 Å². The molecule has 2 aromatic heterocycles. The molecule has 196 valence electrons. The first-order chi connectivity index (χ1) is 18.6. The summed E-state index contributed by atoms with van der Waals surface area (Å²) < 4.78 is 7.40. The Morgan fingerprint density at radius 2 is 1.92 bits per heavy atom. The number of ether oxygens (including phenoxy) is 1. The van der Waals surface area contributed by atoms with Crippen molar-refractivity contribution in [3.63, 3.8) is 0 Å². The maximum absolute atomic E-state index is 13.4. The summed E-state index contributed by atoms with van der Waals surface area (Å²) in [5.41, 5.74) is 4.41. The second-order valence-corrected chi connectivity index (χ2v) is 9.32. The van der Waals surface area contributed by atoms with Gasteiger partial charge >= 0.3 is 0 Å². The third-order valence-electron chi connectivity index (χ3n) is 6.77. The lowest BCUT2D eigenvalue weighted by Gasteiger charge is -2.31. The molecule has 0 bridgehead atoms. The van der Waals surface area contributed by atoms with Crippen LogP contribution in [0.15, 0.2) is 67.1 Å². The Morgan fingerprint density at radius 3 is 2.71 bits per heavy atom. The summed E-state index contributed by atoms with van der Waals surface area (Å²) in [6.07, 6.45) is 3.17. The van der Waals surface area contributed by atoms with Crippen molar-refractivity contribution in [3.05, 3.63) is 89.6 Å². The third kappa shape index (κ3) is 6.04. The number of amides is 1. The second-order valence-electron chi connectivity index (χ2n) is 9.32. The molecule has 0 aliphatic carbocycles. The Kier molecular flexibility index (Phi) is 8.01. The first-order valence-electron chi connectivity index (χ1n) is 12.7. The zero-order valence-corrected chi connectivity index (χ0v) is 21.7. The van der Waals surface area contributed by atoms with Crippen LogP contribution in [-0.2, 0) is 18.3 Å². The highest BCUT2D eigenvalue weighted by Gasteiger charge is 2.22. The summed E-state index contributed by atoms with van der Waals surface area (Å²) in [6, 6.07) is 17.4. The lowest BCUT2D eigenvalue weighted by molar-refractivity contribution is 0.0332. The summed E-state index contributed by atoms with van der Waals surface area (Å²) >= 11 is 0. The summed E-state index contributed by atoms with van der Waals surface area (Å²) in [7, 11) is 1.90. The lowest BCUT2D eigenvalue weighted by atomic mass is 10.00. The van der Waals surface area contributed by atoms with Crippen molar-refractivity contribution in [1.29, 1.82) is 0 Å². The quantitative estimate of drug-likeness (QED) is 0.352. The van der Waals surface area contributed by atoms with Crippen molar-refractivity contribution in [2.45, 2.75) is 19.5 Å². The van der Waals surface area contributed by atoms with Gasteiger partial charge in [-0.1, -0.05) is 30.3 Å². The largest absolute Gasteiger partial charge is 0.379 e. The van der Waals surface area contributed by atoms with Crippen molar-refractivity contribution in [2.75, 3.05) is 38.2 Å². The fourth-order valence-corrected chi connectivity index (χ4v) is 4.60. The fraction of sp³-hybridized carbons (Fsp3) is 0.321. The van der Waals surface area contributed by atoms with Crippen molar-refractivity contribution in [1.82, 2.24) is 34.9 Å². The molecule has 38 heavy (non-hydrogen) atoms. The summed E-state index contributed by atoms with van der Waals surface area (Å²) in [6.45, 7) is 6.42. The van der Waals surface area contributed by atoms with Crippen LogP contribution in [-0.4, -0.2) is 68.4 Å². The number of aromatic nitrogens is 5. The number of aryl methyl sites for hydroxylation is 1. The Hall–Kier alpha value is -4.15. The molecular weight excluding hydrogens is 480 g/mol. The Labute approximate surface area is 222 Å². The van der Waals surface area contributed by atoms with Crippen LogP contribution < -0.4 is 10.6 Å². The summed E-state index contributed by atoms with van der Waals surface area (Å²) in [5, 5.41) is 15.2. The van der Waals surface area contributed by atoms with Gasteiger partial charge < -0.3 is 19.9 Å². The molecule has 1 aliphatic rings. The van der Waals surface area contributed by atoms with E-state index in [1.54, 1.807) is 12.3 Å². The zero-order valence-electron chi connectivity index (χ0n) is 21.7. The minimum absolute atomic E-state index is 0.111. The van der Waals surface area contributed by atoms with Gasteiger partial charge in [-0.25, -0.2) is 9.97 Å². The number of benzene rings is 2. The smallest absolute Gasteiger partial charge is 0.251 e. The number of rotatable bonds is 9. The Balaban J connectivity index is 1.27. The zero-order chi connectivity index (χ0) is 26.3. The van der Waals surface area contributed by atoms with E-state index in [-0.39, 0.29) is 11.9 Å². The molecule has 0 saturated carbocycles. The van der Waals surface area contributed by atoms with Gasteiger partial charge in [0, 0.05) is 44.1 Å². The Bertz CT molecular complexity index is 1370. The minimum atomic E-state index is -0.128. The predicted molar refractivity (Wildman–Crippen MR) is 144 cm³/mol. The standard InChI is InChI=1S/C28H32N8O2/c1-20-6-3-4-9-23(20)25(18-36-12-14-38-15-13-36)32-28(37)21-7-5-8-22(16-21)30-17-26-33-34-27(35(26)2)24-10-11-29-19-31-24/h3-11,16,19,25,30H,12-15,17-18H2,1-2H3,(H,32,37). The van der Waals surface area contributed by atoms with Crippen LogP contribution in [0.1, 0.15) is 33.4 Å². The number of carbonyl (C=O) groups is 1. The van der Waals surface area contributed by atoms with Crippen molar-refractivity contribution in [2.24, 2.45) is 7.05 Å². The maximum atomic E-state index is 13.4. The molecule has 1 saturated heterocycles. The summed E-state index contributed by atoms with van der Waals surface area (Å²) in [4.78, 5) is 23.9. The van der Waals surface area contributed by atoms with E-state index in [0.29, 0.717) is 36.8 Å². The van der Waals surface area contributed by atoms with E-state index in [4.69, 9.17) is 4.74 Å². The molecule has 2 aromatic carbocycles. The van der Waals surface area contributed by atoms with Gasteiger partial charge in [0.2, 0.25) is 0 Å². The number of anilines is 1. The molecule has 0 radical (unpaired) electrons. The van der Waals surface area contributed by atoms with E-state index in [9.17, 15) is 4.79 Å². The molecule has 1 unspecified atom stereocenters. The third-order valence-corrected chi connectivity index (χ3v) is 6.77. The first kappa shape index (κ1) is 25.5. The SMILES string of the molecule is Cc1ccccc1C(CN1CCOCC1)NC(=O)c1cccc(NCc2nnc(-c3ccncn3)n2C)c1. The monoisotopic (exact) mass is 512 g/mol. The van der Waals surface area contributed by atoms with E-state index < -0.39 is 0 Å². The number of hydrogen-bond donors (Lipinski definition) is 2. The van der Waals surface area contributed by atoms with Crippen molar-refractivity contribution >= 4 is 11.6 Å². The number of carbonyl (C=O) groups excluding carboxylic acids is 1. The van der Waals surface area contributed by atoms with Crippen LogP contribution in [0.5, 0.6) is 0 Å². The highest BCUT2D eigenvalue weighted by Crippen LogP contribution is 2.21. The van der Waals surface area contributed by atoms with Crippen LogP contribution in [0, 0.1) is 6.92 Å². The van der Waals surface area contributed by atoms with Gasteiger partial charge in [-0.2, -0.15) is 0 Å². The van der Waals surface area contributed by atoms with E-state index in [1.807, 2.05) is 48.0 Å². The fourth-order valence-electron chi connectivity index (χ4n) is 4.60. The van der Waals surface area contributed by atoms with Gasteiger partial charge in [-0.3, -0.25) is 9.69 Å². The second kappa shape index (κ2) is 11.9. The highest BCUT2D eigenvalue weighted by molar-refractivity contribution is 5.95. The van der Waals surface area contributed by atoms with E-state index in [0.717, 1.165) is 42.3 Å². The van der Waals surface area contributed by atoms with Crippen LogP contribution in [0.25, 0.3) is 11.5 Å². The highest BCUT2D eigenvalue weighted by atomic mass is 16.5. The van der Waals surface area contributed by atoms with Gasteiger partial charge in [-0.05, 0) is 42.3 Å². The molecule has 4 aromatic rings. The normalized spacial score (nSPS) is 14.7. The van der Waals surface area contributed by atoms with Gasteiger partial charge in [0.1, 0.15) is 12.0 Å². The predicted octanol–water partition coefficient (Wildman–Crippen LogP) is 3.00. The molecule has 10 heteroatoms. The van der Waals surface area contributed by atoms with E-state index >= 15 is 0 Å². The van der Waals surface area contributed by atoms with Gasteiger partial charge in [0.25, 0.3) is 5.91 Å². The van der Waals surface area contributed by atoms with E-state index in [2.05, 4.69) is 54.8 Å². The molecule has 10 nitrogen and oxygen atoms in total. The lowest BCUT2D eigenvalue weighted by Crippen LogP contribution is -2.43. The van der Waals surface area contributed by atoms with Gasteiger partial charge in [-0.15, -0.1) is 10.2 Å². The maximum Gasteiger partial charge on any atom is 0.251 e. The van der Waals surface area contributed by atoms with Crippen LogP contribution in [0.2, 0.25) is 0 Å². The van der Waals surface area contributed by atoms with Crippen LogP contribution in [0.3, 0.4) is 0 Å². The minimum Gasteiger partial charge on any atom is -0.379 e. The number of morpholine rings is 1. The first-order valence-corrected chi connectivity index (χ1v) is 12.7. The molecule has 0 spiro atoms. The number of hydrogen-bond acceptors (Lipinski definition) is 8. The number of nitrogens with one attached hydrogen (secondary N) is 2. The molecule has 1 amide bonds. The molecule has 2 N–H and O–H groups in total. The topological polar surface area (TPSA) is 110 Å². The van der Waals surface area contributed by atoms with Gasteiger partial charge in [0.05, 0.1) is 25.8 Å². The average Bonchev–Trinajstić information content (AvgIpc) is 3.33. The number of nitrogens with zero attached hydrogens (tertiary/aromatic N) is 6. The van der Waals surface area contributed by atoms with Crippen LogP contribution >= 0.6 is 0 Å². The summed E-state index contributed by atoms with van der Waals surface area (Å²) in [5.74, 6) is 1.30. The molecular formula is C28H32N8O2. The average molecular weight is 513 g/mol.